The number of hydrogen-bond donors (Lipinski definition) is 1. The Kier molecular flexibility index (Phi) is 11.4. The Morgan fingerprint density at radius 3 is 2.12 bits per heavy atom. The van der Waals surface area contributed by atoms with Crippen LogP contribution in [0, 0.1) is 5.41 Å². The van der Waals surface area contributed by atoms with Gasteiger partial charge in [0.15, 0.2) is 5.78 Å². The molecule has 0 aliphatic carbocycles. The summed E-state index contributed by atoms with van der Waals surface area (Å²) in [6.07, 6.45) is 2.57. The van der Waals surface area contributed by atoms with Crippen molar-refractivity contribution in [1.82, 2.24) is 14.7 Å². The van der Waals surface area contributed by atoms with Crippen LogP contribution in [0.1, 0.15) is 52.9 Å². The summed E-state index contributed by atoms with van der Waals surface area (Å²) in [5, 5.41) is -0.528. The first-order chi connectivity index (χ1) is 14.8. The topological polar surface area (TPSA) is 104 Å². The van der Waals surface area contributed by atoms with Gasteiger partial charge in [-0.25, -0.2) is 0 Å². The monoisotopic (exact) mass is 471 g/mol. The minimum Gasteiger partial charge on any atom is -0.364 e. The number of Topliss-reactive ketones (excluding diaryl/α,β-unsaturated/α-hetero) is 1. The predicted octanol–water partition coefficient (Wildman–Crippen LogP) is 1.15. The number of amides is 4. The Hall–Kier alpha value is -1.94. The molecule has 10 heteroatoms. The summed E-state index contributed by atoms with van der Waals surface area (Å²) in [7, 11) is 3.32. The van der Waals surface area contributed by atoms with Gasteiger partial charge in [0.1, 0.15) is 13.2 Å². The van der Waals surface area contributed by atoms with Gasteiger partial charge in [-0.15, -0.1) is 0 Å². The third kappa shape index (κ3) is 9.28. The first-order valence-corrected chi connectivity index (χ1v) is 11.5. The molecular weight excluding hydrogens is 434 g/mol. The quantitative estimate of drug-likeness (QED) is 0.246. The smallest absolute Gasteiger partial charge is 0.248 e. The summed E-state index contributed by atoms with van der Waals surface area (Å²) in [5.74, 6) is -0.763. The fraction of sp³-hybridized carbons (Fsp3) is 0.773. The standard InChI is InChI=1S/C22H37N3O6S/c1-22(2,3)17(26)14-31-15-20(29)24(5)12-11-23(4)18(27)9-7-6-8-10-25-19(28)13-16(32)21(25)30/h16,32H,6-15H2,1-5H3. The number of unbranched alkanes of at least 4 members (excludes halogenated alkanes) is 2. The van der Waals surface area contributed by atoms with Crippen LogP contribution in [0.4, 0.5) is 0 Å². The molecule has 0 aromatic rings. The lowest BCUT2D eigenvalue weighted by Crippen LogP contribution is -2.39. The molecule has 0 radical (unpaired) electrons. The number of thiol groups is 1. The number of ketones is 1. The van der Waals surface area contributed by atoms with E-state index in [4.69, 9.17) is 4.74 Å². The van der Waals surface area contributed by atoms with Crippen molar-refractivity contribution in [3.8, 4) is 0 Å². The van der Waals surface area contributed by atoms with E-state index in [1.165, 1.54) is 9.80 Å². The summed E-state index contributed by atoms with van der Waals surface area (Å²) in [6, 6.07) is 0. The number of likely N-dealkylation sites (N-methyl/N-ethyl adjacent to an activating group) is 2. The molecule has 1 saturated heterocycles. The van der Waals surface area contributed by atoms with Gasteiger partial charge in [-0.3, -0.25) is 28.9 Å². The van der Waals surface area contributed by atoms with Crippen LogP contribution in [0.25, 0.3) is 0 Å². The number of carbonyl (C=O) groups excluding carboxylic acids is 5. The van der Waals surface area contributed by atoms with E-state index in [9.17, 15) is 24.0 Å². The summed E-state index contributed by atoms with van der Waals surface area (Å²) >= 11 is 4.09. The van der Waals surface area contributed by atoms with Crippen molar-refractivity contribution >= 4 is 42.0 Å². The number of rotatable bonds is 13. The second-order valence-corrected chi connectivity index (χ2v) is 9.83. The number of nitrogens with zero attached hydrogens (tertiary/aromatic N) is 3. The summed E-state index contributed by atoms with van der Waals surface area (Å²) in [5.41, 5.74) is -0.503. The Morgan fingerprint density at radius 1 is 1.00 bits per heavy atom. The molecule has 0 spiro atoms. The molecular formula is C22H37N3O6S. The Bertz CT molecular complexity index is 706. The van der Waals surface area contributed by atoms with Gasteiger partial charge < -0.3 is 14.5 Å². The molecule has 1 unspecified atom stereocenters. The van der Waals surface area contributed by atoms with Crippen LogP contribution in [-0.4, -0.2) is 96.3 Å². The number of carbonyl (C=O) groups is 5. The molecule has 1 fully saturated rings. The van der Waals surface area contributed by atoms with Crippen molar-refractivity contribution in [2.75, 3.05) is 46.9 Å². The molecule has 1 atom stereocenters. The highest BCUT2D eigenvalue weighted by molar-refractivity contribution is 7.81. The van der Waals surface area contributed by atoms with Crippen LogP contribution in [-0.2, 0) is 28.7 Å². The van der Waals surface area contributed by atoms with E-state index >= 15 is 0 Å². The predicted molar refractivity (Wildman–Crippen MR) is 123 cm³/mol. The van der Waals surface area contributed by atoms with Crippen LogP contribution in [0.5, 0.6) is 0 Å². The third-order valence-electron chi connectivity index (χ3n) is 5.41. The zero-order valence-electron chi connectivity index (χ0n) is 19.9. The molecule has 0 bridgehead atoms. The molecule has 0 saturated carbocycles. The zero-order chi connectivity index (χ0) is 24.5. The molecule has 182 valence electrons. The van der Waals surface area contributed by atoms with Crippen LogP contribution in [0.15, 0.2) is 0 Å². The molecule has 1 heterocycles. The van der Waals surface area contributed by atoms with Crippen molar-refractivity contribution in [2.24, 2.45) is 5.41 Å². The van der Waals surface area contributed by atoms with E-state index in [1.807, 2.05) is 0 Å². The first-order valence-electron chi connectivity index (χ1n) is 11.0. The van der Waals surface area contributed by atoms with E-state index in [2.05, 4.69) is 12.6 Å². The molecule has 4 amide bonds. The van der Waals surface area contributed by atoms with E-state index in [0.717, 1.165) is 6.42 Å². The third-order valence-corrected chi connectivity index (χ3v) is 5.81. The number of hydrogen-bond acceptors (Lipinski definition) is 7. The van der Waals surface area contributed by atoms with Gasteiger partial charge in [-0.05, 0) is 12.8 Å². The van der Waals surface area contributed by atoms with Crippen molar-refractivity contribution in [3.63, 3.8) is 0 Å². The second-order valence-electron chi connectivity index (χ2n) is 9.21. The molecule has 0 aromatic carbocycles. The van der Waals surface area contributed by atoms with Gasteiger partial charge in [0, 0.05) is 52.0 Å². The molecule has 9 nitrogen and oxygen atoms in total. The molecule has 32 heavy (non-hydrogen) atoms. The van der Waals surface area contributed by atoms with Crippen molar-refractivity contribution < 1.29 is 28.7 Å². The molecule has 0 aromatic heterocycles. The van der Waals surface area contributed by atoms with Gasteiger partial charge in [-0.2, -0.15) is 12.6 Å². The number of imide groups is 1. The molecule has 1 aliphatic heterocycles. The van der Waals surface area contributed by atoms with Gasteiger partial charge in [0.05, 0.1) is 5.25 Å². The number of ether oxygens (including phenoxy) is 1. The maximum absolute atomic E-state index is 12.3. The first kappa shape index (κ1) is 28.1. The zero-order valence-corrected chi connectivity index (χ0v) is 20.8. The van der Waals surface area contributed by atoms with Crippen LogP contribution >= 0.6 is 12.6 Å². The van der Waals surface area contributed by atoms with Crippen LogP contribution in [0.3, 0.4) is 0 Å². The largest absolute Gasteiger partial charge is 0.364 e. The summed E-state index contributed by atoms with van der Waals surface area (Å²) in [4.78, 5) is 64.0. The average Bonchev–Trinajstić information content (AvgIpc) is 2.95. The average molecular weight is 472 g/mol. The van der Waals surface area contributed by atoms with Crippen molar-refractivity contribution in [2.45, 2.75) is 58.1 Å². The normalized spacial score (nSPS) is 16.4. The maximum atomic E-state index is 12.3. The number of likely N-dealkylation sites (tertiary alicyclic amines) is 1. The second kappa shape index (κ2) is 12.9. The van der Waals surface area contributed by atoms with E-state index in [-0.39, 0.29) is 49.0 Å². The highest BCUT2D eigenvalue weighted by Gasteiger charge is 2.35. The lowest BCUT2D eigenvalue weighted by atomic mass is 9.91. The van der Waals surface area contributed by atoms with Gasteiger partial charge in [-0.1, -0.05) is 27.2 Å². The molecule has 0 N–H and O–H groups in total. The highest BCUT2D eigenvalue weighted by atomic mass is 32.1. The molecule has 1 aliphatic rings. The van der Waals surface area contributed by atoms with E-state index < -0.39 is 10.7 Å². The Labute approximate surface area is 196 Å². The Morgan fingerprint density at radius 2 is 1.59 bits per heavy atom. The SMILES string of the molecule is CN(CCN(C)C(=O)COCC(=O)C(C)(C)C)C(=O)CCCCCN1C(=O)CC(S)C1=O. The fourth-order valence-electron chi connectivity index (χ4n) is 2.92. The summed E-state index contributed by atoms with van der Waals surface area (Å²) < 4.78 is 5.22. The lowest BCUT2D eigenvalue weighted by Gasteiger charge is -2.23. The minimum absolute atomic E-state index is 0.0263. The van der Waals surface area contributed by atoms with Gasteiger partial charge in [0.25, 0.3) is 0 Å². The highest BCUT2D eigenvalue weighted by Crippen LogP contribution is 2.18. The molecule has 1 rings (SSSR count). The lowest BCUT2D eigenvalue weighted by molar-refractivity contribution is -0.140. The van der Waals surface area contributed by atoms with Gasteiger partial charge >= 0.3 is 0 Å². The van der Waals surface area contributed by atoms with Crippen LogP contribution < -0.4 is 0 Å². The van der Waals surface area contributed by atoms with Crippen molar-refractivity contribution in [3.05, 3.63) is 0 Å². The fourth-order valence-corrected chi connectivity index (χ4v) is 3.22. The van der Waals surface area contributed by atoms with Gasteiger partial charge in [0.2, 0.25) is 23.6 Å². The minimum atomic E-state index is -0.528. The van der Waals surface area contributed by atoms with Crippen LogP contribution in [0.2, 0.25) is 0 Å². The maximum Gasteiger partial charge on any atom is 0.248 e. The summed E-state index contributed by atoms with van der Waals surface area (Å²) in [6.45, 7) is 6.24. The van der Waals surface area contributed by atoms with E-state index in [0.29, 0.717) is 38.9 Å². The van der Waals surface area contributed by atoms with Crippen molar-refractivity contribution in [1.29, 1.82) is 0 Å². The van der Waals surface area contributed by atoms with E-state index in [1.54, 1.807) is 39.8 Å². The Balaban J connectivity index is 2.18.